The Morgan fingerprint density at radius 1 is 1.05 bits per heavy atom. The van der Waals surface area contributed by atoms with Gasteiger partial charge in [-0.1, -0.05) is 41.4 Å². The maximum atomic E-state index is 13.0. The first-order valence-corrected chi connectivity index (χ1v) is 14.3. The average molecular weight is 594 g/mol. The molecule has 4 aromatic rings. The molecule has 0 spiro atoms. The summed E-state index contributed by atoms with van der Waals surface area (Å²) in [5, 5.41) is 12.5. The number of nitrogens with one attached hydrogen (secondary N) is 2. The number of hydrogen-bond acceptors (Lipinski definition) is 5. The number of halogens is 2. The van der Waals surface area contributed by atoms with Gasteiger partial charge in [0, 0.05) is 23.4 Å². The third-order valence-corrected chi connectivity index (χ3v) is 7.72. The van der Waals surface area contributed by atoms with Crippen LogP contribution in [0, 0.1) is 0 Å². The Balaban J connectivity index is 1.14. The van der Waals surface area contributed by atoms with E-state index in [9.17, 15) is 14.7 Å². The summed E-state index contributed by atoms with van der Waals surface area (Å²) in [7, 11) is 0. The number of fused-ring (bicyclic) bond motifs is 1. The summed E-state index contributed by atoms with van der Waals surface area (Å²) >= 11 is 12.7. The van der Waals surface area contributed by atoms with E-state index in [1.54, 1.807) is 42.6 Å². The van der Waals surface area contributed by atoms with Crippen LogP contribution < -0.4 is 10.1 Å². The Morgan fingerprint density at radius 3 is 2.51 bits per heavy atom. The molecular formula is C31H30Cl2N4O4. The monoisotopic (exact) mass is 592 g/mol. The number of imidazole rings is 1. The van der Waals surface area contributed by atoms with Gasteiger partial charge in [-0.25, -0.2) is 9.78 Å². The number of carbonyl (C=O) groups is 2. The van der Waals surface area contributed by atoms with Crippen LogP contribution in [0.5, 0.6) is 5.75 Å². The summed E-state index contributed by atoms with van der Waals surface area (Å²) in [4.78, 5) is 36.7. The van der Waals surface area contributed by atoms with E-state index < -0.39 is 17.9 Å². The fourth-order valence-electron chi connectivity index (χ4n) is 4.96. The molecule has 2 heterocycles. The van der Waals surface area contributed by atoms with E-state index in [0.717, 1.165) is 36.9 Å². The van der Waals surface area contributed by atoms with Crippen molar-refractivity contribution in [1.29, 1.82) is 0 Å². The maximum absolute atomic E-state index is 13.0. The summed E-state index contributed by atoms with van der Waals surface area (Å²) in [5.74, 6) is -1.15. The van der Waals surface area contributed by atoms with Crippen LogP contribution in [0.4, 0.5) is 0 Å². The second-order valence-corrected chi connectivity index (χ2v) is 10.9. The number of H-pyrrole nitrogens is 1. The molecule has 41 heavy (non-hydrogen) atoms. The fraction of sp³-hybridized carbons (Fsp3) is 0.290. The van der Waals surface area contributed by atoms with Crippen LogP contribution in [0.15, 0.2) is 61.1 Å². The van der Waals surface area contributed by atoms with Crippen molar-refractivity contribution in [1.82, 2.24) is 20.3 Å². The summed E-state index contributed by atoms with van der Waals surface area (Å²) in [6, 6.07) is 13.5. The molecule has 0 aliphatic heterocycles. The zero-order chi connectivity index (χ0) is 28.8. The molecule has 2 aromatic carbocycles. The Kier molecular flexibility index (Phi) is 9.21. The van der Waals surface area contributed by atoms with Gasteiger partial charge in [0.1, 0.15) is 11.8 Å². The molecule has 0 fully saturated rings. The van der Waals surface area contributed by atoms with Crippen LogP contribution >= 0.6 is 23.2 Å². The van der Waals surface area contributed by atoms with Crippen molar-refractivity contribution < 1.29 is 19.4 Å². The van der Waals surface area contributed by atoms with E-state index in [1.165, 1.54) is 30.4 Å². The van der Waals surface area contributed by atoms with Gasteiger partial charge in [0.25, 0.3) is 5.91 Å². The van der Waals surface area contributed by atoms with E-state index in [2.05, 4.69) is 27.4 Å². The predicted octanol–water partition coefficient (Wildman–Crippen LogP) is 6.09. The molecule has 1 amide bonds. The predicted molar refractivity (Wildman–Crippen MR) is 158 cm³/mol. The summed E-state index contributed by atoms with van der Waals surface area (Å²) < 4.78 is 5.88. The normalized spacial score (nSPS) is 13.3. The molecule has 1 atom stereocenters. The number of aryl methyl sites for hydroxylation is 3. The van der Waals surface area contributed by atoms with Crippen LogP contribution in [0.1, 0.15) is 52.1 Å². The molecule has 2 aromatic heterocycles. The minimum absolute atomic E-state index is 0.0113. The number of carbonyl (C=O) groups excluding carboxylic acids is 1. The third-order valence-electron chi connectivity index (χ3n) is 7.13. The van der Waals surface area contributed by atoms with Crippen LogP contribution in [0.3, 0.4) is 0 Å². The van der Waals surface area contributed by atoms with Crippen molar-refractivity contribution >= 4 is 35.1 Å². The first kappa shape index (κ1) is 28.6. The number of aliphatic carboxylic acids is 1. The van der Waals surface area contributed by atoms with Crippen molar-refractivity contribution in [3.05, 3.63) is 99.2 Å². The van der Waals surface area contributed by atoms with Gasteiger partial charge < -0.3 is 20.1 Å². The Bertz CT molecular complexity index is 1500. The lowest BCUT2D eigenvalue weighted by Gasteiger charge is -2.17. The molecule has 0 saturated carbocycles. The highest BCUT2D eigenvalue weighted by Gasteiger charge is 2.24. The number of aromatic amines is 1. The highest BCUT2D eigenvalue weighted by Crippen LogP contribution is 2.31. The molecule has 1 aliphatic carbocycles. The minimum atomic E-state index is -1.18. The summed E-state index contributed by atoms with van der Waals surface area (Å²) in [5.41, 5.74) is 5.81. The number of hydrogen-bond donors (Lipinski definition) is 3. The quantitative estimate of drug-likeness (QED) is 0.181. The third kappa shape index (κ3) is 7.26. The number of amides is 1. The number of carboxylic acids is 1. The largest absolute Gasteiger partial charge is 0.494 e. The number of ether oxygens (including phenoxy) is 1. The van der Waals surface area contributed by atoms with Gasteiger partial charge in [0.15, 0.2) is 0 Å². The fourth-order valence-corrected chi connectivity index (χ4v) is 5.62. The minimum Gasteiger partial charge on any atom is -0.494 e. The molecule has 3 N–H and O–H groups in total. The van der Waals surface area contributed by atoms with Crippen LogP contribution in [0.25, 0.3) is 11.3 Å². The topological polar surface area (TPSA) is 117 Å². The molecule has 1 aliphatic rings. The van der Waals surface area contributed by atoms with Crippen molar-refractivity contribution in [2.45, 2.75) is 51.0 Å². The molecule has 0 saturated heterocycles. The van der Waals surface area contributed by atoms with E-state index in [-0.39, 0.29) is 22.0 Å². The molecule has 10 heteroatoms. The van der Waals surface area contributed by atoms with Crippen molar-refractivity contribution in [3.8, 4) is 17.0 Å². The van der Waals surface area contributed by atoms with Crippen LogP contribution in [-0.2, 0) is 30.5 Å². The molecule has 5 rings (SSSR count). The van der Waals surface area contributed by atoms with Crippen molar-refractivity contribution in [3.63, 3.8) is 0 Å². The Hall–Kier alpha value is -3.88. The zero-order valence-corrected chi connectivity index (χ0v) is 23.8. The Morgan fingerprint density at radius 2 is 1.80 bits per heavy atom. The highest BCUT2D eigenvalue weighted by molar-refractivity contribution is 6.40. The van der Waals surface area contributed by atoms with Crippen LogP contribution in [-0.4, -0.2) is 44.6 Å². The lowest BCUT2D eigenvalue weighted by atomic mass is 9.95. The number of pyridine rings is 1. The molecule has 0 bridgehead atoms. The van der Waals surface area contributed by atoms with E-state index in [1.807, 2.05) is 0 Å². The van der Waals surface area contributed by atoms with Crippen LogP contribution in [0.2, 0.25) is 10.0 Å². The van der Waals surface area contributed by atoms with Gasteiger partial charge in [0.05, 0.1) is 40.4 Å². The van der Waals surface area contributed by atoms with E-state index in [4.69, 9.17) is 32.9 Å². The number of rotatable bonds is 11. The van der Waals surface area contributed by atoms with Gasteiger partial charge in [-0.3, -0.25) is 9.78 Å². The zero-order valence-electron chi connectivity index (χ0n) is 22.3. The number of aromatic nitrogens is 3. The SMILES string of the molecule is O=C(NC(Cc1ccc(OCCCc2ccc3c(n2)CCCC3)cc1)C(=O)O)c1c(Cl)cc(-c2cnc[nH]2)cc1Cl. The smallest absolute Gasteiger partial charge is 0.326 e. The van der Waals surface area contributed by atoms with E-state index in [0.29, 0.717) is 23.6 Å². The molecular weight excluding hydrogens is 563 g/mol. The summed E-state index contributed by atoms with van der Waals surface area (Å²) in [6.45, 7) is 0.548. The Labute approximate surface area is 248 Å². The number of nitrogens with zero attached hydrogens (tertiary/aromatic N) is 2. The van der Waals surface area contributed by atoms with Crippen molar-refractivity contribution in [2.75, 3.05) is 6.61 Å². The van der Waals surface area contributed by atoms with Gasteiger partial charge in [-0.15, -0.1) is 0 Å². The second-order valence-electron chi connectivity index (χ2n) is 10.1. The molecule has 0 radical (unpaired) electrons. The van der Waals surface area contributed by atoms with Gasteiger partial charge in [-0.2, -0.15) is 0 Å². The summed E-state index contributed by atoms with van der Waals surface area (Å²) in [6.07, 6.45) is 9.55. The standard InChI is InChI=1S/C31H30Cl2N4O4/c32-24-15-21(28-17-34-18-35-28)16-25(33)29(24)30(38)37-27(31(39)40)14-19-7-11-23(12-8-19)41-13-3-5-22-10-9-20-4-1-2-6-26(20)36-22/h7-12,15-18,27H,1-6,13-14H2,(H,34,35)(H,37,38)(H,39,40). The van der Waals surface area contributed by atoms with E-state index >= 15 is 0 Å². The maximum Gasteiger partial charge on any atom is 0.326 e. The molecule has 212 valence electrons. The lowest BCUT2D eigenvalue weighted by molar-refractivity contribution is -0.139. The van der Waals surface area contributed by atoms with Gasteiger partial charge in [-0.05, 0) is 80.0 Å². The molecule has 8 nitrogen and oxygen atoms in total. The van der Waals surface area contributed by atoms with Gasteiger partial charge in [0.2, 0.25) is 0 Å². The van der Waals surface area contributed by atoms with Gasteiger partial charge >= 0.3 is 5.97 Å². The first-order valence-electron chi connectivity index (χ1n) is 13.6. The lowest BCUT2D eigenvalue weighted by Crippen LogP contribution is -2.42. The average Bonchev–Trinajstić information content (AvgIpc) is 3.51. The first-order chi connectivity index (χ1) is 19.9. The number of carboxylic acid groups (broad SMARTS) is 1. The van der Waals surface area contributed by atoms with Crippen molar-refractivity contribution in [2.24, 2.45) is 0 Å². The second kappa shape index (κ2) is 13.2. The highest BCUT2D eigenvalue weighted by atomic mass is 35.5. The molecule has 1 unspecified atom stereocenters. The number of benzene rings is 2.